The average Bonchev–Trinajstić information content (AvgIpc) is 2.88. The van der Waals surface area contributed by atoms with E-state index < -0.39 is 5.97 Å². The monoisotopic (exact) mass is 275 g/mol. The number of carboxylic acid groups (broad SMARTS) is 1. The third-order valence-corrected chi connectivity index (χ3v) is 2.48. The Morgan fingerprint density at radius 2 is 2.05 bits per heavy atom. The number of nitrogens with zero attached hydrogens (tertiary/aromatic N) is 1. The third kappa shape index (κ3) is 3.58. The lowest BCUT2D eigenvalue weighted by atomic mass is 10.3. The summed E-state index contributed by atoms with van der Waals surface area (Å²) in [6, 6.07) is 9.11. The van der Waals surface area contributed by atoms with E-state index >= 15 is 0 Å². The van der Waals surface area contributed by atoms with E-state index in [-0.39, 0.29) is 30.3 Å². The Labute approximate surface area is 114 Å². The number of aromatic nitrogens is 2. The highest BCUT2D eigenvalue weighted by Crippen LogP contribution is 2.11. The highest BCUT2D eigenvalue weighted by Gasteiger charge is 2.14. The van der Waals surface area contributed by atoms with Crippen molar-refractivity contribution in [3.63, 3.8) is 0 Å². The number of carbonyl (C=O) groups excluding carboxylic acids is 1. The molecule has 0 atom stereocenters. The minimum Gasteiger partial charge on any atom is -0.493 e. The van der Waals surface area contributed by atoms with E-state index in [9.17, 15) is 9.59 Å². The van der Waals surface area contributed by atoms with Gasteiger partial charge in [0.15, 0.2) is 0 Å². The van der Waals surface area contributed by atoms with Crippen molar-refractivity contribution in [1.82, 2.24) is 10.2 Å². The van der Waals surface area contributed by atoms with Crippen molar-refractivity contribution in [3.05, 3.63) is 42.1 Å². The highest BCUT2D eigenvalue weighted by atomic mass is 16.5. The molecule has 20 heavy (non-hydrogen) atoms. The number of rotatable bonds is 6. The molecule has 1 amide bonds. The second-order valence-corrected chi connectivity index (χ2v) is 3.92. The van der Waals surface area contributed by atoms with Crippen LogP contribution in [0.3, 0.4) is 0 Å². The lowest BCUT2D eigenvalue weighted by molar-refractivity contribution is -0.116. The molecule has 0 saturated carbocycles. The van der Waals surface area contributed by atoms with Gasteiger partial charge in [0.05, 0.1) is 19.2 Å². The average molecular weight is 275 g/mol. The number of ether oxygens (including phenoxy) is 1. The molecule has 1 aromatic heterocycles. The summed E-state index contributed by atoms with van der Waals surface area (Å²) in [5.41, 5.74) is -0.0812. The summed E-state index contributed by atoms with van der Waals surface area (Å²) in [6.07, 6.45) is 1.24. The van der Waals surface area contributed by atoms with Gasteiger partial charge >= 0.3 is 5.97 Å². The zero-order valence-corrected chi connectivity index (χ0v) is 10.5. The molecular formula is C13H13N3O4. The number of aromatic amines is 1. The predicted octanol–water partition coefficient (Wildman–Crippen LogP) is 1.52. The van der Waals surface area contributed by atoms with Gasteiger partial charge in [-0.3, -0.25) is 9.89 Å². The quantitative estimate of drug-likeness (QED) is 0.741. The largest absolute Gasteiger partial charge is 0.493 e. The standard InChI is InChI=1S/C13H13N3O4/c17-11(6-7-20-9-4-2-1-3-5-9)15-12-10(13(18)19)8-14-16-12/h1-5,8H,6-7H2,(H,18,19)(H2,14,15,16,17). The molecule has 2 rings (SSSR count). The molecule has 7 heteroatoms. The van der Waals surface area contributed by atoms with Crippen molar-refractivity contribution in [2.24, 2.45) is 0 Å². The lowest BCUT2D eigenvalue weighted by Gasteiger charge is -2.06. The summed E-state index contributed by atoms with van der Waals surface area (Å²) in [7, 11) is 0. The van der Waals surface area contributed by atoms with Gasteiger partial charge in [-0.15, -0.1) is 0 Å². The van der Waals surface area contributed by atoms with Gasteiger partial charge in [0, 0.05) is 0 Å². The topological polar surface area (TPSA) is 104 Å². The predicted molar refractivity (Wildman–Crippen MR) is 70.7 cm³/mol. The molecule has 0 saturated heterocycles. The van der Waals surface area contributed by atoms with Gasteiger partial charge in [0.2, 0.25) is 5.91 Å². The van der Waals surface area contributed by atoms with Crippen LogP contribution in [0.4, 0.5) is 5.82 Å². The summed E-state index contributed by atoms with van der Waals surface area (Å²) < 4.78 is 5.37. The number of carbonyl (C=O) groups is 2. The molecule has 104 valence electrons. The van der Waals surface area contributed by atoms with Crippen molar-refractivity contribution < 1.29 is 19.4 Å². The molecule has 0 unspecified atom stereocenters. The molecule has 2 aromatic rings. The summed E-state index contributed by atoms with van der Waals surface area (Å²) in [6.45, 7) is 0.201. The lowest BCUT2D eigenvalue weighted by Crippen LogP contribution is -2.17. The van der Waals surface area contributed by atoms with Crippen molar-refractivity contribution in [2.45, 2.75) is 6.42 Å². The SMILES string of the molecule is O=C(CCOc1ccccc1)Nc1[nH]ncc1C(=O)O. The first-order chi connectivity index (χ1) is 9.66. The number of nitrogens with one attached hydrogen (secondary N) is 2. The minimum atomic E-state index is -1.16. The number of H-pyrrole nitrogens is 1. The number of hydrogen-bond donors (Lipinski definition) is 3. The van der Waals surface area contributed by atoms with Crippen LogP contribution in [0.25, 0.3) is 0 Å². The molecule has 0 aliphatic rings. The van der Waals surface area contributed by atoms with Gasteiger partial charge in [0.1, 0.15) is 17.1 Å². The first kappa shape index (κ1) is 13.6. The van der Waals surface area contributed by atoms with Crippen molar-refractivity contribution >= 4 is 17.7 Å². The van der Waals surface area contributed by atoms with Crippen LogP contribution < -0.4 is 10.1 Å². The number of para-hydroxylation sites is 1. The van der Waals surface area contributed by atoms with Crippen LogP contribution >= 0.6 is 0 Å². The molecule has 0 spiro atoms. The molecule has 3 N–H and O–H groups in total. The van der Waals surface area contributed by atoms with Crippen molar-refractivity contribution in [1.29, 1.82) is 0 Å². The third-order valence-electron chi connectivity index (χ3n) is 2.48. The molecule has 0 aliphatic carbocycles. The van der Waals surface area contributed by atoms with Gasteiger partial charge in [-0.05, 0) is 12.1 Å². The number of aromatic carboxylic acids is 1. The highest BCUT2D eigenvalue weighted by molar-refractivity contribution is 5.99. The van der Waals surface area contributed by atoms with Crippen LogP contribution in [0, 0.1) is 0 Å². The number of carboxylic acids is 1. The van der Waals surface area contributed by atoms with E-state index in [1.54, 1.807) is 12.1 Å². The van der Waals surface area contributed by atoms with Gasteiger partial charge in [0.25, 0.3) is 0 Å². The van der Waals surface area contributed by atoms with Crippen LogP contribution in [0.2, 0.25) is 0 Å². The van der Waals surface area contributed by atoms with Crippen LogP contribution in [-0.4, -0.2) is 33.8 Å². The maximum Gasteiger partial charge on any atom is 0.341 e. The number of benzene rings is 1. The summed E-state index contributed by atoms with van der Waals surface area (Å²) in [5.74, 6) is -0.766. The fraction of sp³-hybridized carbons (Fsp3) is 0.154. The summed E-state index contributed by atoms with van der Waals surface area (Å²) >= 11 is 0. The Morgan fingerprint density at radius 3 is 2.75 bits per heavy atom. The van der Waals surface area contributed by atoms with Crippen LogP contribution in [-0.2, 0) is 4.79 Å². The van der Waals surface area contributed by atoms with Crippen LogP contribution in [0.5, 0.6) is 5.75 Å². The van der Waals surface area contributed by atoms with Gasteiger partial charge in [-0.2, -0.15) is 5.10 Å². The Kier molecular flexibility index (Phi) is 4.33. The normalized spacial score (nSPS) is 10.0. The van der Waals surface area contributed by atoms with Gasteiger partial charge in [-0.25, -0.2) is 4.79 Å². The molecule has 1 heterocycles. The summed E-state index contributed by atoms with van der Waals surface area (Å²) in [5, 5.41) is 17.3. The van der Waals surface area contributed by atoms with Crippen LogP contribution in [0.1, 0.15) is 16.8 Å². The molecule has 0 fully saturated rings. The van der Waals surface area contributed by atoms with Gasteiger partial charge < -0.3 is 15.2 Å². The zero-order chi connectivity index (χ0) is 14.4. The Bertz CT molecular complexity index is 595. The molecule has 0 bridgehead atoms. The zero-order valence-electron chi connectivity index (χ0n) is 10.5. The smallest absolute Gasteiger partial charge is 0.341 e. The van der Waals surface area contributed by atoms with E-state index in [2.05, 4.69) is 15.5 Å². The fourth-order valence-corrected chi connectivity index (χ4v) is 1.52. The number of amides is 1. The van der Waals surface area contributed by atoms with E-state index in [0.717, 1.165) is 6.20 Å². The van der Waals surface area contributed by atoms with Crippen LogP contribution in [0.15, 0.2) is 36.5 Å². The number of anilines is 1. The summed E-state index contributed by atoms with van der Waals surface area (Å²) in [4.78, 5) is 22.5. The maximum atomic E-state index is 11.6. The fourth-order valence-electron chi connectivity index (χ4n) is 1.52. The molecule has 0 aliphatic heterocycles. The molecule has 7 nitrogen and oxygen atoms in total. The van der Waals surface area contributed by atoms with E-state index in [1.807, 2.05) is 18.2 Å². The van der Waals surface area contributed by atoms with E-state index in [0.29, 0.717) is 5.75 Å². The van der Waals surface area contributed by atoms with E-state index in [1.165, 1.54) is 0 Å². The molecule has 1 aromatic carbocycles. The Morgan fingerprint density at radius 1 is 1.30 bits per heavy atom. The van der Waals surface area contributed by atoms with E-state index in [4.69, 9.17) is 9.84 Å². The Hall–Kier alpha value is -2.83. The molecule has 0 radical (unpaired) electrons. The minimum absolute atomic E-state index is 0.0715. The van der Waals surface area contributed by atoms with Crippen molar-refractivity contribution in [3.8, 4) is 5.75 Å². The number of hydrogen-bond acceptors (Lipinski definition) is 4. The van der Waals surface area contributed by atoms with Crippen molar-refractivity contribution in [2.75, 3.05) is 11.9 Å². The Balaban J connectivity index is 1.81. The first-order valence-electron chi connectivity index (χ1n) is 5.91. The molecular weight excluding hydrogens is 262 g/mol. The second kappa shape index (κ2) is 6.37. The maximum absolute atomic E-state index is 11.6. The first-order valence-corrected chi connectivity index (χ1v) is 5.91. The van der Waals surface area contributed by atoms with Gasteiger partial charge in [-0.1, -0.05) is 18.2 Å². The second-order valence-electron chi connectivity index (χ2n) is 3.92.